The van der Waals surface area contributed by atoms with E-state index in [-0.39, 0.29) is 34.9 Å². The lowest BCUT2D eigenvalue weighted by Gasteiger charge is -2.43. The predicted octanol–water partition coefficient (Wildman–Crippen LogP) is 8.81. The van der Waals surface area contributed by atoms with Crippen LogP contribution in [0, 0.1) is 12.8 Å². The Hall–Kier alpha value is -6.21. The molecule has 0 aliphatic carbocycles. The number of nitrogens with zero attached hydrogens (tertiary/aromatic N) is 7. The highest BCUT2D eigenvalue weighted by Gasteiger charge is 2.32. The number of ketones is 1. The zero-order chi connectivity index (χ0) is 43.1. The number of fused-ring (bicyclic) bond motifs is 1. The maximum Gasteiger partial charge on any atom is 0.328 e. The first-order chi connectivity index (χ1) is 29.9. The van der Waals surface area contributed by atoms with Crippen LogP contribution in [0.3, 0.4) is 0 Å². The average molecular weight is 834 g/mol. The molecule has 0 bridgehead atoms. The molecule has 1 atom stereocenters. The topological polar surface area (TPSA) is 153 Å². The van der Waals surface area contributed by atoms with Gasteiger partial charge in [0.2, 0.25) is 11.7 Å². The second kappa shape index (κ2) is 16.9. The Labute approximate surface area is 362 Å². The molecule has 6 heterocycles. The summed E-state index contributed by atoms with van der Waals surface area (Å²) in [5.74, 6) is 1.69. The molecule has 3 saturated heterocycles. The summed E-state index contributed by atoms with van der Waals surface area (Å²) in [6, 6.07) is 25.4. The molecule has 320 valence electrons. The molecule has 2 N–H and O–H groups in total. The molecule has 3 aromatic carbocycles. The van der Waals surface area contributed by atoms with Crippen LogP contribution in [0.5, 0.6) is 0 Å². The number of likely N-dealkylation sites (tertiary alicyclic amines) is 1. The van der Waals surface area contributed by atoms with Gasteiger partial charge in [-0.05, 0) is 96.7 Å². The van der Waals surface area contributed by atoms with Crippen LogP contribution in [0.15, 0.2) is 83.6 Å². The number of imide groups is 1. The summed E-state index contributed by atoms with van der Waals surface area (Å²) in [5.41, 5.74) is 10.3. The Balaban J connectivity index is 0.763. The monoisotopic (exact) mass is 833 g/mol. The normalized spacial score (nSPS) is 17.4. The van der Waals surface area contributed by atoms with Crippen molar-refractivity contribution >= 4 is 40.1 Å². The number of piperidine rings is 1. The van der Waals surface area contributed by atoms with Crippen LogP contribution in [0.25, 0.3) is 33.5 Å². The molecule has 0 radical (unpaired) electrons. The Morgan fingerprint density at radius 2 is 1.63 bits per heavy atom. The summed E-state index contributed by atoms with van der Waals surface area (Å²) in [6.45, 7) is 16.1. The van der Waals surface area contributed by atoms with E-state index in [0.29, 0.717) is 43.5 Å². The van der Waals surface area contributed by atoms with Crippen LogP contribution in [0.4, 0.5) is 16.2 Å². The van der Waals surface area contributed by atoms with E-state index in [9.17, 15) is 14.4 Å². The first kappa shape index (κ1) is 41.2. The van der Waals surface area contributed by atoms with Crippen molar-refractivity contribution in [1.29, 1.82) is 0 Å². The number of aromatic nitrogens is 5. The summed E-state index contributed by atoms with van der Waals surface area (Å²) >= 11 is 0. The van der Waals surface area contributed by atoms with E-state index in [0.717, 1.165) is 77.5 Å². The highest BCUT2D eigenvalue weighted by atomic mass is 16.5. The Kier molecular flexibility index (Phi) is 11.2. The van der Waals surface area contributed by atoms with Gasteiger partial charge in [-0.25, -0.2) is 14.8 Å². The number of anilines is 2. The molecule has 13 heteroatoms. The number of aromatic amines is 1. The molecule has 3 amide bonds. The fourth-order valence-electron chi connectivity index (χ4n) is 9.21. The number of amides is 3. The van der Waals surface area contributed by atoms with Gasteiger partial charge >= 0.3 is 6.03 Å². The number of H-pyrrole nitrogens is 1. The van der Waals surface area contributed by atoms with Crippen molar-refractivity contribution in [3.05, 3.63) is 108 Å². The molecular formula is C49H55N9O4. The van der Waals surface area contributed by atoms with E-state index in [2.05, 4.69) is 110 Å². The molecule has 13 nitrogen and oxygen atoms in total. The molecule has 62 heavy (non-hydrogen) atoms. The van der Waals surface area contributed by atoms with Crippen molar-refractivity contribution in [2.75, 3.05) is 49.1 Å². The van der Waals surface area contributed by atoms with Crippen molar-refractivity contribution in [3.63, 3.8) is 0 Å². The van der Waals surface area contributed by atoms with E-state index in [1.165, 1.54) is 29.7 Å². The predicted molar refractivity (Wildman–Crippen MR) is 241 cm³/mol. The van der Waals surface area contributed by atoms with Gasteiger partial charge in [0.25, 0.3) is 5.89 Å². The van der Waals surface area contributed by atoms with E-state index >= 15 is 0 Å². The van der Waals surface area contributed by atoms with Gasteiger partial charge in [-0.1, -0.05) is 69.2 Å². The molecule has 3 aliphatic rings. The summed E-state index contributed by atoms with van der Waals surface area (Å²) in [4.78, 5) is 60.5. The van der Waals surface area contributed by atoms with E-state index in [4.69, 9.17) is 9.51 Å². The lowest BCUT2D eigenvalue weighted by atomic mass is 9.88. The average Bonchev–Trinajstić information content (AvgIpc) is 3.94. The number of carbonyl (C=O) groups is 3. The fraction of sp³-hybridized carbons (Fsp3) is 0.408. The number of nitrogens with one attached hydrogen (secondary N) is 2. The minimum absolute atomic E-state index is 0.0873. The number of urea groups is 1. The number of Topliss-reactive ketones (excluding diaryl/α,β-unsaturated/α-hetero) is 1. The first-order valence-corrected chi connectivity index (χ1v) is 22.0. The highest BCUT2D eigenvalue weighted by molar-refractivity contribution is 6.05. The van der Waals surface area contributed by atoms with Gasteiger partial charge in [-0.3, -0.25) is 19.8 Å². The Bertz CT molecular complexity index is 2590. The van der Waals surface area contributed by atoms with Crippen LogP contribution >= 0.6 is 0 Å². The van der Waals surface area contributed by atoms with Gasteiger partial charge in [0.15, 0.2) is 5.82 Å². The van der Waals surface area contributed by atoms with E-state index in [1.807, 2.05) is 32.9 Å². The van der Waals surface area contributed by atoms with Gasteiger partial charge < -0.3 is 19.3 Å². The molecule has 9 rings (SSSR count). The molecular weight excluding hydrogens is 779 g/mol. The standard InChI is InChI=1S/C49H55N9O4/c1-30(6-17-42(59)46-54-47(55-62-46)49(3,4)5)39-16-11-35(24-31(39)2)44-40-25-41(52-45(40)51-29-50-44)34-9-7-33(8-10-34)36-27-56(28-36)26-32-18-21-57(22-19-32)37-12-14-38(15-13-37)58-23-20-43(60)53-48(58)61/h7-16,24-25,29-30,32,36H,6,17-23,26-28H2,1-5H3,(H,50,51,52)(H,53,60,61)/t30-/m0/s1. The SMILES string of the molecule is Cc1cc(-c2ncnc3[nH]c(-c4ccc(C5CN(CC6CCN(c7ccc(N8CCC(=O)NC8=O)cc7)CC6)C5)cc4)cc23)ccc1[C@@H](C)CCC(=O)c1nc(C(C)(C)C)no1. The van der Waals surface area contributed by atoms with E-state index in [1.54, 1.807) is 11.2 Å². The van der Waals surface area contributed by atoms with Crippen LogP contribution in [-0.4, -0.2) is 87.0 Å². The number of hydrogen-bond acceptors (Lipinski definition) is 10. The number of aryl methyl sites for hydroxylation is 1. The van der Waals surface area contributed by atoms with E-state index < -0.39 is 0 Å². The van der Waals surface area contributed by atoms with Gasteiger partial charge in [0.05, 0.1) is 5.69 Å². The zero-order valence-corrected chi connectivity index (χ0v) is 36.3. The number of rotatable bonds is 12. The molecule has 3 aromatic heterocycles. The molecule has 0 saturated carbocycles. The molecule has 3 aliphatic heterocycles. The molecule has 3 fully saturated rings. The van der Waals surface area contributed by atoms with Crippen LogP contribution in [-0.2, 0) is 10.2 Å². The minimum atomic E-state index is -0.348. The highest BCUT2D eigenvalue weighted by Crippen LogP contribution is 2.36. The summed E-state index contributed by atoms with van der Waals surface area (Å²) in [6.07, 6.45) is 5.30. The molecule has 6 aromatic rings. The van der Waals surface area contributed by atoms with Gasteiger partial charge in [0.1, 0.15) is 12.0 Å². The number of benzene rings is 3. The van der Waals surface area contributed by atoms with Crippen LogP contribution in [0.2, 0.25) is 0 Å². The minimum Gasteiger partial charge on any atom is -0.372 e. The zero-order valence-electron chi connectivity index (χ0n) is 36.3. The lowest BCUT2D eigenvalue weighted by molar-refractivity contribution is -0.120. The maximum absolute atomic E-state index is 12.9. The fourth-order valence-corrected chi connectivity index (χ4v) is 9.21. The summed E-state index contributed by atoms with van der Waals surface area (Å²) < 4.78 is 5.28. The third-order valence-electron chi connectivity index (χ3n) is 13.0. The van der Waals surface area contributed by atoms with Crippen molar-refractivity contribution in [3.8, 4) is 22.5 Å². The molecule has 0 spiro atoms. The second-order valence-electron chi connectivity index (χ2n) is 18.5. The summed E-state index contributed by atoms with van der Waals surface area (Å²) in [7, 11) is 0. The third-order valence-corrected chi connectivity index (χ3v) is 13.0. The Morgan fingerprint density at radius 1 is 0.903 bits per heavy atom. The van der Waals surface area contributed by atoms with Crippen molar-refractivity contribution in [2.45, 2.75) is 84.0 Å². The van der Waals surface area contributed by atoms with Crippen LogP contribution < -0.4 is 15.1 Å². The van der Waals surface area contributed by atoms with Crippen LogP contribution in [0.1, 0.15) is 105 Å². The molecule has 0 unspecified atom stereocenters. The maximum atomic E-state index is 12.9. The second-order valence-corrected chi connectivity index (χ2v) is 18.5. The largest absolute Gasteiger partial charge is 0.372 e. The quantitative estimate of drug-likeness (QED) is 0.114. The van der Waals surface area contributed by atoms with Gasteiger partial charge in [-0.2, -0.15) is 4.98 Å². The number of carbonyl (C=O) groups excluding carboxylic acids is 3. The summed E-state index contributed by atoms with van der Waals surface area (Å²) in [5, 5.41) is 7.38. The van der Waals surface area contributed by atoms with Crippen molar-refractivity contribution < 1.29 is 18.9 Å². The smallest absolute Gasteiger partial charge is 0.328 e. The van der Waals surface area contributed by atoms with Gasteiger partial charge in [0, 0.05) is 91.5 Å². The van der Waals surface area contributed by atoms with Gasteiger partial charge in [-0.15, -0.1) is 0 Å². The number of hydrogen-bond donors (Lipinski definition) is 2. The lowest BCUT2D eigenvalue weighted by Crippen LogP contribution is -2.49. The Morgan fingerprint density at radius 3 is 2.32 bits per heavy atom. The first-order valence-electron chi connectivity index (χ1n) is 22.0. The van der Waals surface area contributed by atoms with Crippen molar-refractivity contribution in [2.24, 2.45) is 5.92 Å². The third kappa shape index (κ3) is 8.63. The van der Waals surface area contributed by atoms with Crippen molar-refractivity contribution in [1.82, 2.24) is 35.3 Å².